The van der Waals surface area contributed by atoms with Gasteiger partial charge in [0.2, 0.25) is 0 Å². The van der Waals surface area contributed by atoms with Crippen LogP contribution in [0, 0.1) is 5.92 Å². The van der Waals surface area contributed by atoms with Crippen molar-refractivity contribution in [1.29, 1.82) is 0 Å². The Hall–Kier alpha value is -0.973. The monoisotopic (exact) mass is 360 g/mol. The zero-order valence-electron chi connectivity index (χ0n) is 16.3. The SMILES string of the molecule is CC(C)(C)[Si](C)(C)O[C@@]12CC[C@@H](C(=O)C1)[C@H](OCc1ccccc1)C2. The Morgan fingerprint density at radius 1 is 1.20 bits per heavy atom. The summed E-state index contributed by atoms with van der Waals surface area (Å²) in [5.41, 5.74) is 0.867. The summed E-state index contributed by atoms with van der Waals surface area (Å²) >= 11 is 0. The van der Waals surface area contributed by atoms with Crippen LogP contribution in [0.15, 0.2) is 30.3 Å². The minimum Gasteiger partial charge on any atom is -0.411 e. The maximum Gasteiger partial charge on any atom is 0.192 e. The van der Waals surface area contributed by atoms with Crippen molar-refractivity contribution in [2.24, 2.45) is 5.92 Å². The lowest BCUT2D eigenvalue weighted by Gasteiger charge is -2.53. The van der Waals surface area contributed by atoms with Crippen molar-refractivity contribution in [2.75, 3.05) is 0 Å². The highest BCUT2D eigenvalue weighted by atomic mass is 28.4. The van der Waals surface area contributed by atoms with Crippen molar-refractivity contribution in [3.05, 3.63) is 35.9 Å². The normalized spacial score (nSPS) is 29.9. The van der Waals surface area contributed by atoms with Gasteiger partial charge in [0.15, 0.2) is 8.32 Å². The molecule has 0 N–H and O–H groups in total. The summed E-state index contributed by atoms with van der Waals surface area (Å²) in [5, 5.41) is 0.152. The van der Waals surface area contributed by atoms with Gasteiger partial charge in [-0.05, 0) is 36.5 Å². The molecule has 3 aliphatic rings. The first-order valence-corrected chi connectivity index (χ1v) is 12.4. The van der Waals surface area contributed by atoms with Crippen LogP contribution in [0.25, 0.3) is 0 Å². The van der Waals surface area contributed by atoms with Crippen LogP contribution in [-0.4, -0.2) is 25.8 Å². The highest BCUT2D eigenvalue weighted by Crippen LogP contribution is 2.50. The average molecular weight is 361 g/mol. The summed E-state index contributed by atoms with van der Waals surface area (Å²) in [4.78, 5) is 12.7. The third-order valence-corrected chi connectivity index (χ3v) is 11.0. The van der Waals surface area contributed by atoms with Crippen LogP contribution in [-0.2, 0) is 20.6 Å². The Bertz CT molecular complexity index is 620. The molecule has 0 unspecified atom stereocenters. The van der Waals surface area contributed by atoms with E-state index in [1.807, 2.05) is 18.2 Å². The maximum atomic E-state index is 12.7. The lowest BCUT2D eigenvalue weighted by atomic mass is 9.65. The fraction of sp³-hybridized carbons (Fsp3) is 0.667. The van der Waals surface area contributed by atoms with Gasteiger partial charge in [0.1, 0.15) is 5.78 Å². The number of ether oxygens (including phenoxy) is 1. The van der Waals surface area contributed by atoms with Crippen molar-refractivity contribution in [1.82, 2.24) is 0 Å². The molecule has 1 aromatic carbocycles. The fourth-order valence-electron chi connectivity index (χ4n) is 3.97. The van der Waals surface area contributed by atoms with E-state index in [4.69, 9.17) is 9.16 Å². The van der Waals surface area contributed by atoms with Crippen LogP contribution in [0.5, 0.6) is 0 Å². The Morgan fingerprint density at radius 2 is 1.88 bits per heavy atom. The summed E-state index contributed by atoms with van der Waals surface area (Å²) in [5.74, 6) is 0.405. The van der Waals surface area contributed by atoms with Crippen molar-refractivity contribution in [2.45, 2.75) is 82.9 Å². The van der Waals surface area contributed by atoms with Gasteiger partial charge < -0.3 is 9.16 Å². The van der Waals surface area contributed by atoms with E-state index in [-0.39, 0.29) is 22.7 Å². The molecule has 3 saturated carbocycles. The smallest absolute Gasteiger partial charge is 0.192 e. The molecule has 3 atom stereocenters. The van der Waals surface area contributed by atoms with Gasteiger partial charge in [-0.15, -0.1) is 0 Å². The van der Waals surface area contributed by atoms with Gasteiger partial charge in [-0.2, -0.15) is 0 Å². The molecule has 0 aromatic heterocycles. The number of fused-ring (bicyclic) bond motifs is 3. The van der Waals surface area contributed by atoms with E-state index in [2.05, 4.69) is 46.0 Å². The van der Waals surface area contributed by atoms with Gasteiger partial charge in [0.25, 0.3) is 0 Å². The van der Waals surface area contributed by atoms with Gasteiger partial charge in [0, 0.05) is 18.8 Å². The van der Waals surface area contributed by atoms with Crippen LogP contribution in [0.1, 0.15) is 52.0 Å². The summed E-state index contributed by atoms with van der Waals surface area (Å²) in [6.07, 6.45) is 3.35. The molecular formula is C21H32O3Si. The van der Waals surface area contributed by atoms with Crippen molar-refractivity contribution < 1.29 is 14.0 Å². The minimum atomic E-state index is -1.91. The molecule has 25 heavy (non-hydrogen) atoms. The number of Topliss-reactive ketones (excluding diaryl/α,β-unsaturated/α-hetero) is 1. The maximum absolute atomic E-state index is 12.7. The van der Waals surface area contributed by atoms with E-state index in [0.717, 1.165) is 24.8 Å². The van der Waals surface area contributed by atoms with Crippen LogP contribution in [0.4, 0.5) is 0 Å². The molecule has 2 bridgehead atoms. The number of carbonyl (C=O) groups is 1. The molecular weight excluding hydrogens is 328 g/mol. The third kappa shape index (κ3) is 3.91. The zero-order valence-corrected chi connectivity index (χ0v) is 17.3. The summed E-state index contributed by atoms with van der Waals surface area (Å²) in [6.45, 7) is 11.9. The fourth-order valence-corrected chi connectivity index (χ4v) is 5.61. The molecule has 4 heteroatoms. The van der Waals surface area contributed by atoms with Crippen molar-refractivity contribution in [3.63, 3.8) is 0 Å². The third-order valence-electron chi connectivity index (χ3n) is 6.43. The van der Waals surface area contributed by atoms with Gasteiger partial charge in [0.05, 0.1) is 18.3 Å². The van der Waals surface area contributed by atoms with Gasteiger partial charge in [-0.3, -0.25) is 4.79 Å². The molecule has 138 valence electrons. The standard InChI is InChI=1S/C21H32O3Si/c1-20(2,3)25(4,5)24-21-12-11-17(18(22)13-21)19(14-21)23-15-16-9-7-6-8-10-16/h6-10,17,19H,11-15H2,1-5H3/t17-,19+,21-/m0/s1. The lowest BCUT2D eigenvalue weighted by Crippen LogP contribution is -2.59. The molecule has 3 fully saturated rings. The van der Waals surface area contributed by atoms with E-state index in [1.165, 1.54) is 0 Å². The molecule has 0 saturated heterocycles. The predicted octanol–water partition coefficient (Wildman–Crippen LogP) is 5.11. The van der Waals surface area contributed by atoms with E-state index >= 15 is 0 Å². The average Bonchev–Trinajstić information content (AvgIpc) is 2.52. The minimum absolute atomic E-state index is 0.0000236. The largest absolute Gasteiger partial charge is 0.411 e. The van der Waals surface area contributed by atoms with Gasteiger partial charge in [-0.1, -0.05) is 51.1 Å². The summed E-state index contributed by atoms with van der Waals surface area (Å²) < 4.78 is 13.0. The number of hydrogen-bond donors (Lipinski definition) is 0. The Balaban J connectivity index is 1.72. The number of hydrogen-bond acceptors (Lipinski definition) is 3. The number of carbonyl (C=O) groups excluding carboxylic acids is 1. The van der Waals surface area contributed by atoms with Crippen molar-refractivity contribution in [3.8, 4) is 0 Å². The van der Waals surface area contributed by atoms with E-state index in [0.29, 0.717) is 18.8 Å². The molecule has 0 amide bonds. The molecule has 0 heterocycles. The first-order valence-electron chi connectivity index (χ1n) is 9.50. The van der Waals surface area contributed by atoms with E-state index in [1.54, 1.807) is 0 Å². The van der Waals surface area contributed by atoms with Gasteiger partial charge in [-0.25, -0.2) is 0 Å². The quantitative estimate of drug-likeness (QED) is 0.685. The van der Waals surface area contributed by atoms with Crippen LogP contribution < -0.4 is 0 Å². The Kier molecular flexibility index (Phi) is 4.99. The van der Waals surface area contributed by atoms with Gasteiger partial charge >= 0.3 is 0 Å². The molecule has 1 aromatic rings. The molecule has 4 rings (SSSR count). The second kappa shape index (κ2) is 6.64. The first kappa shape index (κ1) is 18.8. The van der Waals surface area contributed by atoms with E-state index in [9.17, 15) is 4.79 Å². The second-order valence-corrected chi connectivity index (χ2v) is 14.1. The topological polar surface area (TPSA) is 35.5 Å². The van der Waals surface area contributed by atoms with Crippen LogP contribution in [0.3, 0.4) is 0 Å². The zero-order chi connectivity index (χ0) is 18.3. The van der Waals surface area contributed by atoms with E-state index < -0.39 is 8.32 Å². The molecule has 3 nitrogen and oxygen atoms in total. The number of rotatable bonds is 5. The number of benzene rings is 1. The first-order chi connectivity index (χ1) is 11.6. The summed E-state index contributed by atoms with van der Waals surface area (Å²) in [7, 11) is -1.91. The van der Waals surface area contributed by atoms with Crippen LogP contribution in [0.2, 0.25) is 18.1 Å². The lowest BCUT2D eigenvalue weighted by molar-refractivity contribution is -0.162. The predicted molar refractivity (Wildman–Crippen MR) is 103 cm³/mol. The van der Waals surface area contributed by atoms with Crippen LogP contribution >= 0.6 is 0 Å². The molecule has 3 aliphatic carbocycles. The Labute approximate surface area is 153 Å². The number of ketones is 1. The molecule has 0 aliphatic heterocycles. The summed E-state index contributed by atoms with van der Waals surface area (Å²) in [6, 6.07) is 10.2. The van der Waals surface area contributed by atoms with Crippen molar-refractivity contribution >= 4 is 14.1 Å². The highest BCUT2D eigenvalue weighted by molar-refractivity contribution is 6.74. The second-order valence-electron chi connectivity index (χ2n) is 9.37. The molecule has 0 radical (unpaired) electrons. The highest BCUT2D eigenvalue weighted by Gasteiger charge is 2.55. The molecule has 0 spiro atoms. The Morgan fingerprint density at radius 3 is 2.48 bits per heavy atom.